The number of methoxy groups -OCH3 is 1. The molecule has 6 nitrogen and oxygen atoms in total. The van der Waals surface area contributed by atoms with Gasteiger partial charge in [-0.25, -0.2) is 0 Å². The van der Waals surface area contributed by atoms with Crippen LogP contribution in [0.4, 0.5) is 0 Å². The second kappa shape index (κ2) is 14.0. The van der Waals surface area contributed by atoms with Crippen LogP contribution in [0.2, 0.25) is 0 Å². The van der Waals surface area contributed by atoms with E-state index in [4.69, 9.17) is 9.47 Å². The fourth-order valence-electron chi connectivity index (χ4n) is 4.23. The van der Waals surface area contributed by atoms with Crippen molar-refractivity contribution in [2.45, 2.75) is 46.1 Å². The number of hydrogen-bond donors (Lipinski definition) is 1. The highest BCUT2D eigenvalue weighted by Crippen LogP contribution is 2.21. The van der Waals surface area contributed by atoms with Crippen LogP contribution in [0.5, 0.6) is 0 Å². The molecule has 0 aliphatic carbocycles. The van der Waals surface area contributed by atoms with Gasteiger partial charge in [0.2, 0.25) is 0 Å². The lowest BCUT2D eigenvalue weighted by molar-refractivity contribution is 0.0536. The van der Waals surface area contributed by atoms with Crippen molar-refractivity contribution >= 4 is 29.9 Å². The summed E-state index contributed by atoms with van der Waals surface area (Å²) >= 11 is 0. The average Bonchev–Trinajstić information content (AvgIpc) is 3.12. The Hall–Kier alpha value is -0.120. The highest BCUT2D eigenvalue weighted by Gasteiger charge is 2.28. The minimum absolute atomic E-state index is 0. The summed E-state index contributed by atoms with van der Waals surface area (Å²) in [4.78, 5) is 9.63. The quantitative estimate of drug-likeness (QED) is 0.224. The summed E-state index contributed by atoms with van der Waals surface area (Å²) in [5, 5.41) is 3.67. The number of halogens is 1. The van der Waals surface area contributed by atoms with Gasteiger partial charge in [-0.3, -0.25) is 9.89 Å². The van der Waals surface area contributed by atoms with E-state index >= 15 is 0 Å². The predicted molar refractivity (Wildman–Crippen MR) is 128 cm³/mol. The van der Waals surface area contributed by atoms with E-state index in [1.54, 1.807) is 7.11 Å². The standard InChI is InChI=1S/C21H42N4O2.HI/c1-17(2)20(24-9-6-18(3)7-10-24)14-23-21(22-4)25-11-8-19(15-25)16-27-13-12-26-5;/h17-20H,6-16H2,1-5H3,(H,22,23);1H. The van der Waals surface area contributed by atoms with Crippen LogP contribution in [0.25, 0.3) is 0 Å². The zero-order valence-electron chi connectivity index (χ0n) is 18.7. The molecule has 0 aromatic heterocycles. The number of ether oxygens (including phenoxy) is 2. The van der Waals surface area contributed by atoms with Crippen molar-refractivity contribution in [2.75, 3.05) is 66.7 Å². The number of hydrogen-bond acceptors (Lipinski definition) is 4. The molecule has 2 aliphatic rings. The number of guanidine groups is 1. The molecule has 166 valence electrons. The average molecular weight is 511 g/mol. The molecule has 7 heteroatoms. The molecule has 0 aromatic rings. The third-order valence-electron chi connectivity index (χ3n) is 6.11. The first-order chi connectivity index (χ1) is 13.0. The number of piperidine rings is 1. The van der Waals surface area contributed by atoms with Crippen LogP contribution in [0.15, 0.2) is 4.99 Å². The SMILES string of the molecule is CN=C(NCC(C(C)C)N1CCC(C)CC1)N1CCC(COCCOC)C1.I. The van der Waals surface area contributed by atoms with Crippen molar-refractivity contribution in [1.29, 1.82) is 0 Å². The van der Waals surface area contributed by atoms with Gasteiger partial charge in [-0.15, -0.1) is 24.0 Å². The second-order valence-electron chi connectivity index (χ2n) is 8.63. The smallest absolute Gasteiger partial charge is 0.193 e. The third-order valence-corrected chi connectivity index (χ3v) is 6.11. The summed E-state index contributed by atoms with van der Waals surface area (Å²) < 4.78 is 10.8. The van der Waals surface area contributed by atoms with E-state index in [0.29, 0.717) is 31.1 Å². The van der Waals surface area contributed by atoms with E-state index in [1.807, 2.05) is 7.05 Å². The summed E-state index contributed by atoms with van der Waals surface area (Å²) in [5.74, 6) is 3.15. The van der Waals surface area contributed by atoms with E-state index < -0.39 is 0 Å². The molecule has 2 fully saturated rings. The molecular formula is C21H43IN4O2. The second-order valence-corrected chi connectivity index (χ2v) is 8.63. The van der Waals surface area contributed by atoms with Gasteiger partial charge in [0.1, 0.15) is 0 Å². The Morgan fingerprint density at radius 1 is 1.14 bits per heavy atom. The minimum Gasteiger partial charge on any atom is -0.382 e. The van der Waals surface area contributed by atoms with Gasteiger partial charge in [0.05, 0.1) is 19.8 Å². The first kappa shape index (κ1) is 25.9. The van der Waals surface area contributed by atoms with Gasteiger partial charge in [-0.05, 0) is 44.2 Å². The van der Waals surface area contributed by atoms with Crippen LogP contribution in [0, 0.1) is 17.8 Å². The molecule has 0 radical (unpaired) electrons. The molecule has 2 heterocycles. The Bertz CT molecular complexity index is 442. The van der Waals surface area contributed by atoms with E-state index in [2.05, 4.69) is 40.9 Å². The Balaban J connectivity index is 0.00000392. The fourth-order valence-corrected chi connectivity index (χ4v) is 4.23. The number of nitrogens with one attached hydrogen (secondary N) is 1. The van der Waals surface area contributed by atoms with Crippen molar-refractivity contribution in [2.24, 2.45) is 22.7 Å². The van der Waals surface area contributed by atoms with Crippen molar-refractivity contribution in [3.63, 3.8) is 0 Å². The number of nitrogens with zero attached hydrogens (tertiary/aromatic N) is 3. The van der Waals surface area contributed by atoms with E-state index in [1.165, 1.54) is 32.4 Å². The molecule has 0 aromatic carbocycles. The van der Waals surface area contributed by atoms with Crippen molar-refractivity contribution in [3.05, 3.63) is 0 Å². The van der Waals surface area contributed by atoms with Crippen LogP contribution < -0.4 is 5.32 Å². The predicted octanol–water partition coefficient (Wildman–Crippen LogP) is 2.92. The third kappa shape index (κ3) is 8.32. The minimum atomic E-state index is 0. The van der Waals surface area contributed by atoms with Gasteiger partial charge in [0.25, 0.3) is 0 Å². The summed E-state index contributed by atoms with van der Waals surface area (Å²) in [7, 11) is 3.61. The van der Waals surface area contributed by atoms with Crippen molar-refractivity contribution < 1.29 is 9.47 Å². The molecule has 28 heavy (non-hydrogen) atoms. The Kier molecular flexibility index (Phi) is 12.9. The van der Waals surface area contributed by atoms with Gasteiger partial charge in [-0.2, -0.15) is 0 Å². The van der Waals surface area contributed by atoms with E-state index in [0.717, 1.165) is 38.1 Å². The van der Waals surface area contributed by atoms with Gasteiger partial charge in [0, 0.05) is 45.8 Å². The number of aliphatic imine (C=N–C) groups is 1. The molecule has 2 rings (SSSR count). The Morgan fingerprint density at radius 2 is 1.86 bits per heavy atom. The van der Waals surface area contributed by atoms with Crippen molar-refractivity contribution in [1.82, 2.24) is 15.1 Å². The maximum absolute atomic E-state index is 5.72. The zero-order valence-corrected chi connectivity index (χ0v) is 21.0. The zero-order chi connectivity index (χ0) is 19.6. The largest absolute Gasteiger partial charge is 0.382 e. The van der Waals surface area contributed by atoms with Crippen LogP contribution in [0.3, 0.4) is 0 Å². The van der Waals surface area contributed by atoms with Gasteiger partial charge >= 0.3 is 0 Å². The summed E-state index contributed by atoms with van der Waals surface area (Å²) in [6.45, 7) is 14.8. The highest BCUT2D eigenvalue weighted by atomic mass is 127. The van der Waals surface area contributed by atoms with Crippen LogP contribution in [-0.2, 0) is 9.47 Å². The number of likely N-dealkylation sites (tertiary alicyclic amines) is 2. The summed E-state index contributed by atoms with van der Waals surface area (Å²) in [6.07, 6.45) is 3.83. The van der Waals surface area contributed by atoms with Gasteiger partial charge < -0.3 is 19.7 Å². The van der Waals surface area contributed by atoms with Crippen LogP contribution >= 0.6 is 24.0 Å². The van der Waals surface area contributed by atoms with E-state index in [9.17, 15) is 0 Å². The van der Waals surface area contributed by atoms with Crippen LogP contribution in [0.1, 0.15) is 40.0 Å². The fraction of sp³-hybridized carbons (Fsp3) is 0.952. The molecular weight excluding hydrogens is 467 g/mol. The highest BCUT2D eigenvalue weighted by molar-refractivity contribution is 14.0. The molecule has 0 spiro atoms. The number of rotatable bonds is 9. The van der Waals surface area contributed by atoms with E-state index in [-0.39, 0.29) is 24.0 Å². The van der Waals surface area contributed by atoms with Gasteiger partial charge in [-0.1, -0.05) is 20.8 Å². The summed E-state index contributed by atoms with van der Waals surface area (Å²) in [6, 6.07) is 0.574. The maximum atomic E-state index is 5.72. The molecule has 2 saturated heterocycles. The maximum Gasteiger partial charge on any atom is 0.193 e. The lowest BCUT2D eigenvalue weighted by Gasteiger charge is -2.39. The first-order valence-corrected chi connectivity index (χ1v) is 10.8. The lowest BCUT2D eigenvalue weighted by atomic mass is 9.94. The topological polar surface area (TPSA) is 49.3 Å². The molecule has 0 amide bonds. The molecule has 2 atom stereocenters. The van der Waals surface area contributed by atoms with Crippen LogP contribution in [-0.4, -0.2) is 88.5 Å². The molecule has 2 aliphatic heterocycles. The Labute approximate surface area is 189 Å². The molecule has 0 bridgehead atoms. The molecule has 1 N–H and O–H groups in total. The van der Waals surface area contributed by atoms with Gasteiger partial charge in [0.15, 0.2) is 5.96 Å². The normalized spacial score (nSPS) is 23.1. The monoisotopic (exact) mass is 510 g/mol. The first-order valence-electron chi connectivity index (χ1n) is 10.8. The summed E-state index contributed by atoms with van der Waals surface area (Å²) in [5.41, 5.74) is 0. The Morgan fingerprint density at radius 3 is 2.46 bits per heavy atom. The molecule has 0 saturated carbocycles. The lowest BCUT2D eigenvalue weighted by Crippen LogP contribution is -2.52. The van der Waals surface area contributed by atoms with Crippen molar-refractivity contribution in [3.8, 4) is 0 Å². The molecule has 2 unspecified atom stereocenters.